The van der Waals surface area contributed by atoms with Gasteiger partial charge in [-0.1, -0.05) is 26.8 Å². The van der Waals surface area contributed by atoms with Crippen LogP contribution in [0.4, 0.5) is 5.69 Å². The van der Waals surface area contributed by atoms with Gasteiger partial charge < -0.3 is 20.3 Å². The van der Waals surface area contributed by atoms with Crippen molar-refractivity contribution in [3.05, 3.63) is 36.5 Å². The molecule has 22 heavy (non-hydrogen) atoms. The highest BCUT2D eigenvalue weighted by Crippen LogP contribution is 2.17. The molecule has 1 atom stereocenters. The van der Waals surface area contributed by atoms with Gasteiger partial charge in [0.25, 0.3) is 0 Å². The molecule has 0 aromatic heterocycles. The summed E-state index contributed by atoms with van der Waals surface area (Å²) in [6.45, 7) is 8.87. The van der Waals surface area contributed by atoms with Crippen molar-refractivity contribution in [2.24, 2.45) is 5.92 Å². The lowest BCUT2D eigenvalue weighted by Crippen LogP contribution is -2.28. The highest BCUT2D eigenvalue weighted by molar-refractivity contribution is 6.17. The zero-order chi connectivity index (χ0) is 16.4. The number of anilines is 1. The summed E-state index contributed by atoms with van der Waals surface area (Å²) in [4.78, 5) is 11.7. The Bertz CT molecular complexity index is 477. The summed E-state index contributed by atoms with van der Waals surface area (Å²) >= 11 is 0. The fourth-order valence-electron chi connectivity index (χ4n) is 1.73. The monoisotopic (exact) mass is 303 g/mol. The van der Waals surface area contributed by atoms with E-state index in [2.05, 4.69) is 31.1 Å². The van der Waals surface area contributed by atoms with Crippen molar-refractivity contribution in [2.75, 3.05) is 11.9 Å². The molecule has 0 saturated heterocycles. The number of allylic oxidation sites excluding steroid dienone is 1. The molecule has 1 unspecified atom stereocenters. The molecule has 0 aliphatic heterocycles. The van der Waals surface area contributed by atoms with E-state index >= 15 is 0 Å². The molecule has 1 radical (unpaired) electrons. The molecule has 1 rings (SSSR count). The smallest absolute Gasteiger partial charge is 0.537 e. The average molecular weight is 303 g/mol. The van der Waals surface area contributed by atoms with Crippen LogP contribution in [0.2, 0.25) is 0 Å². The van der Waals surface area contributed by atoms with Gasteiger partial charge in [-0.2, -0.15) is 0 Å². The summed E-state index contributed by atoms with van der Waals surface area (Å²) in [6, 6.07) is 7.07. The van der Waals surface area contributed by atoms with Crippen LogP contribution in [0.25, 0.3) is 0 Å². The second kappa shape index (κ2) is 9.89. The Labute approximate surface area is 133 Å². The zero-order valence-corrected chi connectivity index (χ0v) is 13.3. The average Bonchev–Trinajstić information content (AvgIpc) is 2.52. The van der Waals surface area contributed by atoms with Gasteiger partial charge in [-0.15, -0.1) is 0 Å². The van der Waals surface area contributed by atoms with Crippen LogP contribution in [0.1, 0.15) is 33.1 Å². The van der Waals surface area contributed by atoms with E-state index < -0.39 is 0 Å². The van der Waals surface area contributed by atoms with Crippen LogP contribution in [0.3, 0.4) is 0 Å². The third-order valence-corrected chi connectivity index (χ3v) is 3.36. The molecule has 0 spiro atoms. The topological polar surface area (TPSA) is 70.6 Å². The maximum Gasteiger partial charge on any atom is 0.569 e. The largest absolute Gasteiger partial charge is 0.569 e. The first-order valence-corrected chi connectivity index (χ1v) is 7.49. The predicted octanol–water partition coefficient (Wildman–Crippen LogP) is 2.46. The van der Waals surface area contributed by atoms with Gasteiger partial charge in [0.1, 0.15) is 5.75 Å². The first kappa shape index (κ1) is 18.1. The summed E-state index contributed by atoms with van der Waals surface area (Å²) in [7, 11) is 0.638. The number of benzene rings is 1. The van der Waals surface area contributed by atoms with E-state index in [9.17, 15) is 4.79 Å². The van der Waals surface area contributed by atoms with E-state index in [-0.39, 0.29) is 5.91 Å². The molecule has 5 nitrogen and oxygen atoms in total. The van der Waals surface area contributed by atoms with E-state index in [4.69, 9.17) is 9.68 Å². The van der Waals surface area contributed by atoms with Crippen LogP contribution < -0.4 is 15.3 Å². The fraction of sp³-hybridized carbons (Fsp3) is 0.438. The van der Waals surface area contributed by atoms with Crippen LogP contribution in [-0.2, 0) is 4.79 Å². The first-order valence-electron chi connectivity index (χ1n) is 7.49. The molecule has 1 aromatic carbocycles. The highest BCUT2D eigenvalue weighted by Gasteiger charge is 2.05. The van der Waals surface area contributed by atoms with Crippen molar-refractivity contribution in [1.29, 1.82) is 0 Å². The maximum absolute atomic E-state index is 11.7. The predicted molar refractivity (Wildman–Crippen MR) is 89.5 cm³/mol. The lowest BCUT2D eigenvalue weighted by Gasteiger charge is -2.12. The Morgan fingerprint density at radius 1 is 1.36 bits per heavy atom. The van der Waals surface area contributed by atoms with Crippen LogP contribution >= 0.6 is 0 Å². The Kier molecular flexibility index (Phi) is 8.14. The number of nitrogens with one attached hydrogen (secondary N) is 2. The van der Waals surface area contributed by atoms with Crippen LogP contribution in [-0.4, -0.2) is 25.2 Å². The number of hydrogen-bond donors (Lipinski definition) is 3. The van der Waals surface area contributed by atoms with E-state index in [1.807, 2.05) is 12.1 Å². The second-order valence-electron chi connectivity index (χ2n) is 5.29. The van der Waals surface area contributed by atoms with E-state index in [1.165, 1.54) is 0 Å². The molecular weight excluding hydrogens is 279 g/mol. The molecular formula is C16H24BN2O3. The molecule has 0 saturated carbocycles. The first-order chi connectivity index (χ1) is 10.5. The minimum atomic E-state index is 0.0467. The van der Waals surface area contributed by atoms with Crippen molar-refractivity contribution in [3.8, 4) is 5.75 Å². The van der Waals surface area contributed by atoms with Crippen molar-refractivity contribution in [3.63, 3.8) is 0 Å². The standard InChI is InChI=1S/C16H24BN2O3/c1-4-12(2)11-18-16(20)10-5-13(3)19-14-6-8-15(9-7-14)22-17-21/h6-9,12,19,21H,3-5,10-11H2,1-2H3,(H,18,20). The highest BCUT2D eigenvalue weighted by atomic mass is 16.5. The molecule has 6 heteroatoms. The lowest BCUT2D eigenvalue weighted by atomic mass is 10.1. The second-order valence-corrected chi connectivity index (χ2v) is 5.29. The number of rotatable bonds is 10. The summed E-state index contributed by atoms with van der Waals surface area (Å²) in [5, 5.41) is 14.6. The van der Waals surface area contributed by atoms with Gasteiger partial charge in [-0.25, -0.2) is 0 Å². The Balaban J connectivity index is 2.29. The van der Waals surface area contributed by atoms with Gasteiger partial charge in [0.15, 0.2) is 0 Å². The third kappa shape index (κ3) is 7.17. The van der Waals surface area contributed by atoms with Crippen molar-refractivity contribution >= 4 is 19.3 Å². The summed E-state index contributed by atoms with van der Waals surface area (Å²) < 4.78 is 4.83. The molecule has 0 aliphatic carbocycles. The number of carbonyl (C=O) groups excluding carboxylic acids is 1. The van der Waals surface area contributed by atoms with Gasteiger partial charge in [0.05, 0.1) is 0 Å². The molecule has 0 bridgehead atoms. The van der Waals surface area contributed by atoms with Crippen molar-refractivity contribution < 1.29 is 14.5 Å². The summed E-state index contributed by atoms with van der Waals surface area (Å²) in [6.07, 6.45) is 2.06. The van der Waals surface area contributed by atoms with E-state index in [0.29, 0.717) is 32.2 Å². The van der Waals surface area contributed by atoms with Crippen LogP contribution in [0, 0.1) is 5.92 Å². The van der Waals surface area contributed by atoms with Crippen molar-refractivity contribution in [2.45, 2.75) is 33.1 Å². The number of amides is 1. The van der Waals surface area contributed by atoms with Gasteiger partial charge in [-0.3, -0.25) is 4.79 Å². The Morgan fingerprint density at radius 2 is 2.05 bits per heavy atom. The van der Waals surface area contributed by atoms with E-state index in [0.717, 1.165) is 24.4 Å². The third-order valence-electron chi connectivity index (χ3n) is 3.36. The summed E-state index contributed by atoms with van der Waals surface area (Å²) in [5.41, 5.74) is 1.64. The van der Waals surface area contributed by atoms with Crippen LogP contribution in [0.5, 0.6) is 5.75 Å². The van der Waals surface area contributed by atoms with Gasteiger partial charge in [-0.05, 0) is 36.6 Å². The molecule has 1 amide bonds. The molecule has 0 heterocycles. The quantitative estimate of drug-likeness (QED) is 0.581. The maximum atomic E-state index is 11.7. The van der Waals surface area contributed by atoms with Crippen LogP contribution in [0.15, 0.2) is 36.5 Å². The normalized spacial score (nSPS) is 11.4. The minimum Gasteiger partial charge on any atom is -0.537 e. The van der Waals surface area contributed by atoms with Gasteiger partial charge in [0, 0.05) is 24.4 Å². The minimum absolute atomic E-state index is 0.0467. The fourth-order valence-corrected chi connectivity index (χ4v) is 1.73. The summed E-state index contributed by atoms with van der Waals surface area (Å²) in [5.74, 6) is 1.09. The Hall–Kier alpha value is -1.95. The molecule has 1 aromatic rings. The lowest BCUT2D eigenvalue weighted by molar-refractivity contribution is -0.121. The van der Waals surface area contributed by atoms with E-state index in [1.54, 1.807) is 12.1 Å². The van der Waals surface area contributed by atoms with Gasteiger partial charge in [0.2, 0.25) is 5.91 Å². The molecule has 3 N–H and O–H groups in total. The Morgan fingerprint density at radius 3 is 2.64 bits per heavy atom. The molecule has 119 valence electrons. The molecule has 0 aliphatic rings. The zero-order valence-electron chi connectivity index (χ0n) is 13.3. The van der Waals surface area contributed by atoms with Gasteiger partial charge >= 0.3 is 7.69 Å². The van der Waals surface area contributed by atoms with Crippen molar-refractivity contribution in [1.82, 2.24) is 5.32 Å². The molecule has 0 fully saturated rings. The number of carbonyl (C=O) groups is 1. The number of hydrogen-bond acceptors (Lipinski definition) is 4. The SMILES string of the molecule is C=C(CCC(=O)NCC(C)CC)Nc1ccc(O[B]O)cc1.